The monoisotopic (exact) mass is 284 g/mol. The quantitative estimate of drug-likeness (QED) is 0.559. The van der Waals surface area contributed by atoms with Crippen molar-refractivity contribution < 1.29 is 19.2 Å². The molecule has 0 aliphatic rings. The van der Waals surface area contributed by atoms with E-state index in [0.717, 1.165) is 19.3 Å². The van der Waals surface area contributed by atoms with Gasteiger partial charge in [0, 0.05) is 12.8 Å². The number of aryl methyl sites for hydroxylation is 1. The van der Waals surface area contributed by atoms with Crippen LogP contribution >= 0.6 is 7.80 Å². The molecule has 0 aliphatic carbocycles. The Kier molecular flexibility index (Phi) is 7.46. The minimum absolute atomic E-state index is 0.275. The first-order valence-corrected chi connectivity index (χ1v) is 8.25. The van der Waals surface area contributed by atoms with Crippen LogP contribution in [0.1, 0.15) is 25.3 Å². The molecule has 4 nitrogen and oxygen atoms in total. The van der Waals surface area contributed by atoms with Crippen LogP contribution in [0.2, 0.25) is 0 Å². The molecule has 2 atom stereocenters. The Morgan fingerprint density at radius 1 is 1.32 bits per heavy atom. The molecule has 0 aromatic heterocycles. The third-order valence-corrected chi connectivity index (χ3v) is 4.68. The maximum Gasteiger partial charge on any atom is 0.340 e. The highest BCUT2D eigenvalue weighted by Gasteiger charge is 2.23. The van der Waals surface area contributed by atoms with E-state index >= 15 is 0 Å². The molecular formula is C14H21O4P. The predicted molar refractivity (Wildman–Crippen MR) is 76.3 cm³/mol. The predicted octanol–water partition coefficient (Wildman–Crippen LogP) is 3.02. The van der Waals surface area contributed by atoms with E-state index in [1.54, 1.807) is 6.92 Å². The molecule has 5 heteroatoms. The van der Waals surface area contributed by atoms with E-state index in [-0.39, 0.29) is 6.61 Å². The molecule has 1 N–H and O–H groups in total. The summed E-state index contributed by atoms with van der Waals surface area (Å²) < 4.78 is 16.9. The molecule has 0 heterocycles. The zero-order valence-corrected chi connectivity index (χ0v) is 12.2. The first-order valence-electron chi connectivity index (χ1n) is 6.56. The van der Waals surface area contributed by atoms with E-state index in [9.17, 15) is 9.36 Å². The number of ether oxygens (including phenoxy) is 1. The van der Waals surface area contributed by atoms with Crippen LogP contribution in [-0.2, 0) is 20.5 Å². The number of carboxylic acid groups (broad SMARTS) is 1. The van der Waals surface area contributed by atoms with Gasteiger partial charge in [0.25, 0.3) is 0 Å². The molecule has 1 aromatic rings. The Labute approximate surface area is 114 Å². The van der Waals surface area contributed by atoms with Gasteiger partial charge in [-0.3, -0.25) is 0 Å². The van der Waals surface area contributed by atoms with Crippen molar-refractivity contribution in [2.45, 2.75) is 32.0 Å². The van der Waals surface area contributed by atoms with Crippen LogP contribution in [0.5, 0.6) is 0 Å². The maximum absolute atomic E-state index is 11.9. The van der Waals surface area contributed by atoms with Crippen molar-refractivity contribution in [2.75, 3.05) is 12.8 Å². The SMILES string of the molecule is CCOC(C(=O)O)[PH](=O)CCCCc1ccccc1. The Balaban J connectivity index is 2.28. The number of hydrogen-bond donors (Lipinski definition) is 1. The van der Waals surface area contributed by atoms with Crippen LogP contribution in [0.25, 0.3) is 0 Å². The second-order valence-electron chi connectivity index (χ2n) is 4.33. The fraction of sp³-hybridized carbons (Fsp3) is 0.500. The van der Waals surface area contributed by atoms with Crippen molar-refractivity contribution in [1.82, 2.24) is 0 Å². The molecule has 106 valence electrons. The largest absolute Gasteiger partial charge is 0.479 e. The summed E-state index contributed by atoms with van der Waals surface area (Å²) in [5.74, 6) is -2.24. The van der Waals surface area contributed by atoms with E-state index < -0.39 is 19.6 Å². The molecule has 0 radical (unpaired) electrons. The highest BCUT2D eigenvalue weighted by molar-refractivity contribution is 7.46. The molecule has 2 unspecified atom stereocenters. The first-order chi connectivity index (χ1) is 9.15. The second-order valence-corrected chi connectivity index (χ2v) is 6.29. The standard InChI is InChI=1S/C14H21O4P/c1-2-18-14(13(15)16)19(17)11-7-6-10-12-8-4-3-5-9-12/h3-5,8-9,14,19H,2,6-7,10-11H2,1H3,(H,15,16). The minimum atomic E-state index is -2.22. The first kappa shape index (κ1) is 15.9. The van der Waals surface area contributed by atoms with Gasteiger partial charge in [0.2, 0.25) is 5.85 Å². The van der Waals surface area contributed by atoms with Crippen molar-refractivity contribution in [2.24, 2.45) is 0 Å². The summed E-state index contributed by atoms with van der Waals surface area (Å²) in [6.45, 7) is 1.98. The fourth-order valence-electron chi connectivity index (χ4n) is 1.87. The third kappa shape index (κ3) is 6.04. The number of carboxylic acids is 1. The van der Waals surface area contributed by atoms with Gasteiger partial charge in [0.05, 0.1) is 0 Å². The molecule has 0 spiro atoms. The summed E-state index contributed by atoms with van der Waals surface area (Å²) in [4.78, 5) is 10.9. The second kappa shape index (κ2) is 8.89. The molecule has 1 aromatic carbocycles. The Hall–Kier alpha value is -1.12. The lowest BCUT2D eigenvalue weighted by molar-refractivity contribution is -0.144. The summed E-state index contributed by atoms with van der Waals surface area (Å²) in [6, 6.07) is 10.1. The van der Waals surface area contributed by atoms with Crippen LogP contribution in [0.3, 0.4) is 0 Å². The molecule has 0 saturated heterocycles. The van der Waals surface area contributed by atoms with Gasteiger partial charge in [-0.1, -0.05) is 30.3 Å². The van der Waals surface area contributed by atoms with Crippen molar-refractivity contribution in [3.63, 3.8) is 0 Å². The summed E-state index contributed by atoms with van der Waals surface area (Å²) >= 11 is 0. The number of benzene rings is 1. The smallest absolute Gasteiger partial charge is 0.340 e. The Morgan fingerprint density at radius 3 is 2.58 bits per heavy atom. The summed E-state index contributed by atoms with van der Waals surface area (Å²) in [6.07, 6.45) is 3.05. The third-order valence-electron chi connectivity index (χ3n) is 2.83. The van der Waals surface area contributed by atoms with E-state index in [1.165, 1.54) is 5.56 Å². The zero-order valence-electron chi connectivity index (χ0n) is 11.2. The summed E-state index contributed by atoms with van der Waals surface area (Å²) in [5, 5.41) is 8.91. The van der Waals surface area contributed by atoms with Crippen LogP contribution in [0.15, 0.2) is 30.3 Å². The van der Waals surface area contributed by atoms with Gasteiger partial charge >= 0.3 is 5.97 Å². The molecule has 0 aliphatic heterocycles. The molecule has 0 amide bonds. The van der Waals surface area contributed by atoms with Gasteiger partial charge < -0.3 is 14.4 Å². The number of hydrogen-bond acceptors (Lipinski definition) is 3. The van der Waals surface area contributed by atoms with Crippen molar-refractivity contribution in [3.8, 4) is 0 Å². The highest BCUT2D eigenvalue weighted by atomic mass is 31.1. The van der Waals surface area contributed by atoms with Gasteiger partial charge in [-0.15, -0.1) is 0 Å². The van der Waals surface area contributed by atoms with Crippen LogP contribution in [0.4, 0.5) is 0 Å². The van der Waals surface area contributed by atoms with Crippen molar-refractivity contribution in [1.29, 1.82) is 0 Å². The lowest BCUT2D eigenvalue weighted by Crippen LogP contribution is -2.20. The Morgan fingerprint density at radius 2 is 2.00 bits per heavy atom. The lowest BCUT2D eigenvalue weighted by atomic mass is 10.1. The highest BCUT2D eigenvalue weighted by Crippen LogP contribution is 2.30. The number of aliphatic carboxylic acids is 1. The topological polar surface area (TPSA) is 63.6 Å². The van der Waals surface area contributed by atoms with E-state index in [0.29, 0.717) is 6.16 Å². The van der Waals surface area contributed by atoms with Crippen LogP contribution in [-0.4, -0.2) is 29.7 Å². The van der Waals surface area contributed by atoms with Gasteiger partial charge in [0.1, 0.15) is 7.80 Å². The normalized spacial score (nSPS) is 13.9. The van der Waals surface area contributed by atoms with Gasteiger partial charge in [-0.05, 0) is 31.7 Å². The molecule has 1 rings (SSSR count). The van der Waals surface area contributed by atoms with Crippen molar-refractivity contribution >= 4 is 13.8 Å². The molecule has 0 fully saturated rings. The van der Waals surface area contributed by atoms with Crippen molar-refractivity contribution in [3.05, 3.63) is 35.9 Å². The average Bonchev–Trinajstić information content (AvgIpc) is 2.41. The minimum Gasteiger partial charge on any atom is -0.479 e. The zero-order chi connectivity index (χ0) is 14.1. The van der Waals surface area contributed by atoms with Crippen LogP contribution < -0.4 is 0 Å². The fourth-order valence-corrected chi connectivity index (χ4v) is 3.36. The van der Waals surface area contributed by atoms with Gasteiger partial charge in [0.15, 0.2) is 0 Å². The number of unbranched alkanes of at least 4 members (excludes halogenated alkanes) is 1. The number of rotatable bonds is 9. The van der Waals surface area contributed by atoms with E-state index in [4.69, 9.17) is 9.84 Å². The number of carbonyl (C=O) groups is 1. The summed E-state index contributed by atoms with van der Waals surface area (Å²) in [7, 11) is -2.22. The molecule has 0 saturated carbocycles. The molecular weight excluding hydrogens is 263 g/mol. The Bertz CT molecular complexity index is 405. The molecule has 0 bridgehead atoms. The van der Waals surface area contributed by atoms with E-state index in [1.807, 2.05) is 18.2 Å². The average molecular weight is 284 g/mol. The maximum atomic E-state index is 11.9. The summed E-state index contributed by atoms with van der Waals surface area (Å²) in [5.41, 5.74) is 1.25. The van der Waals surface area contributed by atoms with Gasteiger partial charge in [-0.25, -0.2) is 4.79 Å². The van der Waals surface area contributed by atoms with Crippen LogP contribution in [0, 0.1) is 0 Å². The van der Waals surface area contributed by atoms with Gasteiger partial charge in [-0.2, -0.15) is 0 Å². The molecule has 19 heavy (non-hydrogen) atoms. The van der Waals surface area contributed by atoms with E-state index in [2.05, 4.69) is 12.1 Å². The lowest BCUT2D eigenvalue weighted by Gasteiger charge is -2.12.